The molecule has 0 bridgehead atoms. The molecule has 0 aliphatic carbocycles. The monoisotopic (exact) mass is 447 g/mol. The smallest absolute Gasteiger partial charge is 0.339 e. The zero-order valence-electron chi connectivity index (χ0n) is 17.8. The van der Waals surface area contributed by atoms with Gasteiger partial charge in [0.25, 0.3) is 5.91 Å². The summed E-state index contributed by atoms with van der Waals surface area (Å²) < 4.78 is 39.0. The molecule has 1 atom stereocenters. The highest BCUT2D eigenvalue weighted by Gasteiger charge is 2.37. The lowest BCUT2D eigenvalue weighted by Crippen LogP contribution is -2.30. The van der Waals surface area contributed by atoms with E-state index in [9.17, 15) is 27.6 Å². The fourth-order valence-corrected chi connectivity index (χ4v) is 3.65. The van der Waals surface area contributed by atoms with Crippen molar-refractivity contribution in [1.82, 2.24) is 4.90 Å². The van der Waals surface area contributed by atoms with Gasteiger partial charge in [0, 0.05) is 43.0 Å². The first kappa shape index (κ1) is 23.3. The van der Waals surface area contributed by atoms with Gasteiger partial charge in [-0.2, -0.15) is 13.2 Å². The van der Waals surface area contributed by atoms with E-state index in [0.29, 0.717) is 24.3 Å². The Morgan fingerprint density at radius 1 is 1.09 bits per heavy atom. The Morgan fingerprint density at radius 2 is 1.78 bits per heavy atom. The molecular formula is C23H24F3N3O3. The van der Waals surface area contributed by atoms with Gasteiger partial charge in [-0.1, -0.05) is 12.1 Å². The molecule has 1 saturated heterocycles. The molecule has 0 spiro atoms. The minimum absolute atomic E-state index is 0.0238. The second-order valence-corrected chi connectivity index (χ2v) is 7.50. The number of rotatable bonds is 6. The molecule has 3 rings (SSSR count). The van der Waals surface area contributed by atoms with Crippen LogP contribution in [0.25, 0.3) is 0 Å². The van der Waals surface area contributed by atoms with Crippen molar-refractivity contribution < 1.29 is 27.6 Å². The molecule has 0 aromatic heterocycles. The zero-order chi connectivity index (χ0) is 23.5. The Hall–Kier alpha value is -3.36. The molecule has 6 nitrogen and oxygen atoms in total. The Kier molecular flexibility index (Phi) is 6.86. The summed E-state index contributed by atoms with van der Waals surface area (Å²) in [6.07, 6.45) is -4.64. The molecule has 3 amide bonds. The van der Waals surface area contributed by atoms with Crippen LogP contribution >= 0.6 is 0 Å². The van der Waals surface area contributed by atoms with E-state index < -0.39 is 29.5 Å². The number of nitrogens with one attached hydrogen (secondary N) is 1. The Morgan fingerprint density at radius 3 is 2.44 bits per heavy atom. The van der Waals surface area contributed by atoms with Gasteiger partial charge in [-0.3, -0.25) is 14.4 Å². The summed E-state index contributed by atoms with van der Waals surface area (Å²) in [6, 6.07) is 11.0. The van der Waals surface area contributed by atoms with Crippen molar-refractivity contribution in [2.45, 2.75) is 26.4 Å². The largest absolute Gasteiger partial charge is 0.416 e. The normalized spacial score (nSPS) is 16.2. The molecule has 1 N–H and O–H groups in total. The molecule has 1 heterocycles. The van der Waals surface area contributed by atoms with Crippen LogP contribution in [0.2, 0.25) is 0 Å². The minimum Gasteiger partial charge on any atom is -0.339 e. The summed E-state index contributed by atoms with van der Waals surface area (Å²) >= 11 is 0. The van der Waals surface area contributed by atoms with Crippen LogP contribution < -0.4 is 10.2 Å². The highest BCUT2D eigenvalue weighted by Crippen LogP contribution is 2.33. The van der Waals surface area contributed by atoms with Crippen molar-refractivity contribution in [3.8, 4) is 0 Å². The average molecular weight is 447 g/mol. The van der Waals surface area contributed by atoms with Crippen LogP contribution in [0.15, 0.2) is 48.5 Å². The number of carbonyl (C=O) groups excluding carboxylic acids is 3. The average Bonchev–Trinajstić information content (AvgIpc) is 3.16. The molecule has 0 saturated carbocycles. The van der Waals surface area contributed by atoms with Crippen LogP contribution in [0.3, 0.4) is 0 Å². The number of nitrogens with zero attached hydrogens (tertiary/aromatic N) is 2. The van der Waals surface area contributed by atoms with E-state index in [0.717, 1.165) is 12.1 Å². The van der Waals surface area contributed by atoms with Crippen molar-refractivity contribution in [2.24, 2.45) is 5.92 Å². The van der Waals surface area contributed by atoms with Gasteiger partial charge >= 0.3 is 6.18 Å². The maximum Gasteiger partial charge on any atom is 0.416 e. The van der Waals surface area contributed by atoms with Crippen molar-refractivity contribution in [1.29, 1.82) is 0 Å². The predicted octanol–water partition coefficient (Wildman–Crippen LogP) is 4.18. The van der Waals surface area contributed by atoms with Crippen LogP contribution in [0.4, 0.5) is 24.5 Å². The van der Waals surface area contributed by atoms with Gasteiger partial charge in [0.05, 0.1) is 11.5 Å². The predicted molar refractivity (Wildman–Crippen MR) is 114 cm³/mol. The quantitative estimate of drug-likeness (QED) is 0.722. The van der Waals surface area contributed by atoms with E-state index in [4.69, 9.17) is 0 Å². The third-order valence-corrected chi connectivity index (χ3v) is 5.41. The summed E-state index contributed by atoms with van der Waals surface area (Å²) in [4.78, 5) is 40.5. The number of alkyl halides is 3. The van der Waals surface area contributed by atoms with Gasteiger partial charge in [-0.25, -0.2) is 0 Å². The Labute approximate surface area is 184 Å². The number of hydrogen-bond acceptors (Lipinski definition) is 3. The number of anilines is 2. The minimum atomic E-state index is -4.52. The van der Waals surface area contributed by atoms with Gasteiger partial charge in [0.15, 0.2) is 0 Å². The summed E-state index contributed by atoms with van der Waals surface area (Å²) in [5, 5.41) is 2.71. The van der Waals surface area contributed by atoms with Crippen molar-refractivity contribution in [2.75, 3.05) is 29.9 Å². The van der Waals surface area contributed by atoms with Crippen molar-refractivity contribution in [3.63, 3.8) is 0 Å². The lowest BCUT2D eigenvalue weighted by molar-refractivity contribution is -0.137. The summed E-state index contributed by atoms with van der Waals surface area (Å²) in [7, 11) is 0. The fraction of sp³-hybridized carbons (Fsp3) is 0.348. The van der Waals surface area contributed by atoms with Crippen molar-refractivity contribution in [3.05, 3.63) is 59.7 Å². The molecule has 170 valence electrons. The molecule has 1 fully saturated rings. The number of halogens is 3. The van der Waals surface area contributed by atoms with E-state index in [1.807, 2.05) is 13.8 Å². The first-order valence-electron chi connectivity index (χ1n) is 10.3. The summed E-state index contributed by atoms with van der Waals surface area (Å²) in [5.74, 6) is -1.73. The van der Waals surface area contributed by atoms with Gasteiger partial charge in [-0.15, -0.1) is 0 Å². The molecule has 1 aliphatic rings. The molecule has 9 heteroatoms. The first-order valence-corrected chi connectivity index (χ1v) is 10.3. The maximum atomic E-state index is 13.0. The van der Waals surface area contributed by atoms with Gasteiger partial charge in [0.1, 0.15) is 0 Å². The zero-order valence-corrected chi connectivity index (χ0v) is 17.8. The number of hydrogen-bond donors (Lipinski definition) is 1. The summed E-state index contributed by atoms with van der Waals surface area (Å²) in [6.45, 7) is 4.84. The number of amides is 3. The van der Waals surface area contributed by atoms with Gasteiger partial charge in [0.2, 0.25) is 11.8 Å². The first-order chi connectivity index (χ1) is 15.1. The second kappa shape index (κ2) is 9.42. The standard InChI is InChI=1S/C23H24F3N3O3/c1-3-28(4-2)22(32)15-7-5-9-18(11-15)27-21(31)16-12-20(30)29(14-16)19-10-6-8-17(13-19)23(24,25)26/h5-11,13,16H,3-4,12,14H2,1-2H3,(H,27,31). The molecule has 0 radical (unpaired) electrons. The van der Waals surface area contributed by atoms with E-state index in [1.165, 1.54) is 17.0 Å². The fourth-order valence-electron chi connectivity index (χ4n) is 3.65. The van der Waals surface area contributed by atoms with E-state index in [2.05, 4.69) is 5.32 Å². The number of carbonyl (C=O) groups is 3. The van der Waals surface area contributed by atoms with Crippen LogP contribution in [0.1, 0.15) is 36.2 Å². The Bertz CT molecular complexity index is 1020. The van der Waals surface area contributed by atoms with Crippen LogP contribution in [-0.2, 0) is 15.8 Å². The molecule has 1 unspecified atom stereocenters. The molecule has 2 aromatic rings. The van der Waals surface area contributed by atoms with E-state index >= 15 is 0 Å². The Balaban J connectivity index is 1.71. The highest BCUT2D eigenvalue weighted by molar-refractivity contribution is 6.04. The molecule has 2 aromatic carbocycles. The van der Waals surface area contributed by atoms with E-state index in [-0.39, 0.29) is 24.6 Å². The lowest BCUT2D eigenvalue weighted by Gasteiger charge is -2.19. The highest BCUT2D eigenvalue weighted by atomic mass is 19.4. The number of benzene rings is 2. The van der Waals surface area contributed by atoms with Crippen LogP contribution in [-0.4, -0.2) is 42.3 Å². The SMILES string of the molecule is CCN(CC)C(=O)c1cccc(NC(=O)C2CC(=O)N(c3cccc(C(F)(F)F)c3)C2)c1. The third kappa shape index (κ3) is 5.09. The van der Waals surface area contributed by atoms with Gasteiger partial charge < -0.3 is 15.1 Å². The van der Waals surface area contributed by atoms with E-state index in [1.54, 1.807) is 29.2 Å². The lowest BCUT2D eigenvalue weighted by atomic mass is 10.1. The molecule has 1 aliphatic heterocycles. The van der Waals surface area contributed by atoms with Crippen LogP contribution in [0.5, 0.6) is 0 Å². The molecule has 32 heavy (non-hydrogen) atoms. The molecular weight excluding hydrogens is 423 g/mol. The maximum absolute atomic E-state index is 13.0. The van der Waals surface area contributed by atoms with Crippen molar-refractivity contribution >= 4 is 29.1 Å². The van der Waals surface area contributed by atoms with Gasteiger partial charge in [-0.05, 0) is 50.2 Å². The summed E-state index contributed by atoms with van der Waals surface area (Å²) in [5.41, 5.74) is 0.0925. The third-order valence-electron chi connectivity index (χ3n) is 5.41. The topological polar surface area (TPSA) is 69.7 Å². The van der Waals surface area contributed by atoms with Crippen LogP contribution in [0, 0.1) is 5.92 Å². The second-order valence-electron chi connectivity index (χ2n) is 7.50.